The number of aromatic nitrogens is 3. The molecule has 0 saturated heterocycles. The van der Waals surface area contributed by atoms with Gasteiger partial charge in [0, 0.05) is 16.5 Å². The zero-order chi connectivity index (χ0) is 12.6. The van der Waals surface area contributed by atoms with E-state index in [0.717, 1.165) is 16.4 Å². The SMILES string of the molecule is Cc1csc(-c2nc(Cl)cc(C(C)(C)C)n2)n1. The van der Waals surface area contributed by atoms with Crippen LogP contribution in [0.1, 0.15) is 32.2 Å². The van der Waals surface area contributed by atoms with Gasteiger partial charge in [-0.05, 0) is 13.0 Å². The van der Waals surface area contributed by atoms with Crippen LogP contribution >= 0.6 is 22.9 Å². The Hall–Kier alpha value is -1.00. The lowest BCUT2D eigenvalue weighted by Crippen LogP contribution is -2.14. The topological polar surface area (TPSA) is 38.7 Å². The number of rotatable bonds is 1. The Balaban J connectivity index is 2.52. The summed E-state index contributed by atoms with van der Waals surface area (Å²) in [5.74, 6) is 0.612. The van der Waals surface area contributed by atoms with Crippen LogP contribution in [0.3, 0.4) is 0 Å². The van der Waals surface area contributed by atoms with Crippen molar-refractivity contribution in [3.63, 3.8) is 0 Å². The van der Waals surface area contributed by atoms with E-state index < -0.39 is 0 Å². The summed E-state index contributed by atoms with van der Waals surface area (Å²) in [6.45, 7) is 8.25. The van der Waals surface area contributed by atoms with Gasteiger partial charge in [-0.1, -0.05) is 32.4 Å². The molecule has 0 atom stereocenters. The van der Waals surface area contributed by atoms with E-state index in [1.807, 2.05) is 18.4 Å². The fourth-order valence-electron chi connectivity index (χ4n) is 1.35. The van der Waals surface area contributed by atoms with E-state index in [1.165, 1.54) is 11.3 Å². The number of hydrogen-bond acceptors (Lipinski definition) is 4. The van der Waals surface area contributed by atoms with E-state index in [0.29, 0.717) is 11.0 Å². The predicted molar refractivity (Wildman–Crippen MR) is 71.6 cm³/mol. The summed E-state index contributed by atoms with van der Waals surface area (Å²) < 4.78 is 0. The third-order valence-electron chi connectivity index (χ3n) is 2.27. The van der Waals surface area contributed by atoms with Gasteiger partial charge in [0.1, 0.15) is 5.15 Å². The average Bonchev–Trinajstić information content (AvgIpc) is 2.62. The van der Waals surface area contributed by atoms with Crippen molar-refractivity contribution < 1.29 is 0 Å². The average molecular weight is 268 g/mol. The molecule has 0 aliphatic heterocycles. The third kappa shape index (κ3) is 2.82. The molecule has 0 aliphatic rings. The van der Waals surface area contributed by atoms with E-state index in [9.17, 15) is 0 Å². The van der Waals surface area contributed by atoms with Gasteiger partial charge in [0.15, 0.2) is 10.8 Å². The predicted octanol–water partition coefficient (Wildman–Crippen LogP) is 3.86. The molecule has 2 heterocycles. The van der Waals surface area contributed by atoms with Crippen molar-refractivity contribution in [2.45, 2.75) is 33.1 Å². The lowest BCUT2D eigenvalue weighted by molar-refractivity contribution is 0.568. The second-order valence-corrected chi connectivity index (χ2v) is 6.19. The van der Waals surface area contributed by atoms with Gasteiger partial charge in [0.25, 0.3) is 0 Å². The Morgan fingerprint density at radius 3 is 2.41 bits per heavy atom. The van der Waals surface area contributed by atoms with E-state index in [4.69, 9.17) is 11.6 Å². The maximum atomic E-state index is 6.04. The van der Waals surface area contributed by atoms with Crippen LogP contribution in [0.25, 0.3) is 10.8 Å². The van der Waals surface area contributed by atoms with E-state index in [2.05, 4.69) is 35.7 Å². The fourth-order valence-corrected chi connectivity index (χ4v) is 2.27. The zero-order valence-electron chi connectivity index (χ0n) is 10.3. The third-order valence-corrected chi connectivity index (χ3v) is 3.42. The van der Waals surface area contributed by atoms with Gasteiger partial charge >= 0.3 is 0 Å². The normalized spacial score (nSPS) is 11.8. The van der Waals surface area contributed by atoms with Crippen molar-refractivity contribution in [1.29, 1.82) is 0 Å². The van der Waals surface area contributed by atoms with Gasteiger partial charge in [0.2, 0.25) is 0 Å². The molecule has 17 heavy (non-hydrogen) atoms. The van der Waals surface area contributed by atoms with Gasteiger partial charge in [0.05, 0.1) is 5.69 Å². The van der Waals surface area contributed by atoms with E-state index in [-0.39, 0.29) is 5.41 Å². The van der Waals surface area contributed by atoms with E-state index in [1.54, 1.807) is 0 Å². The zero-order valence-corrected chi connectivity index (χ0v) is 11.9. The summed E-state index contributed by atoms with van der Waals surface area (Å²) in [4.78, 5) is 13.2. The minimum atomic E-state index is -0.0480. The van der Waals surface area contributed by atoms with E-state index >= 15 is 0 Å². The molecule has 90 valence electrons. The Bertz CT molecular complexity index is 543. The molecular formula is C12H14ClN3S. The molecule has 2 aromatic heterocycles. The Morgan fingerprint density at radius 2 is 1.88 bits per heavy atom. The summed E-state index contributed by atoms with van der Waals surface area (Å²) in [5.41, 5.74) is 1.86. The largest absolute Gasteiger partial charge is 0.238 e. The molecule has 0 fully saturated rings. The molecule has 0 radical (unpaired) electrons. The summed E-state index contributed by atoms with van der Waals surface area (Å²) in [6, 6.07) is 1.81. The number of hydrogen-bond donors (Lipinski definition) is 0. The van der Waals surface area contributed by atoms with Crippen LogP contribution in [0.15, 0.2) is 11.4 Å². The molecule has 0 amide bonds. The van der Waals surface area contributed by atoms with Crippen LogP contribution < -0.4 is 0 Å². The van der Waals surface area contributed by atoms with Crippen molar-refractivity contribution in [2.24, 2.45) is 0 Å². The highest BCUT2D eigenvalue weighted by Gasteiger charge is 2.18. The van der Waals surface area contributed by atoms with Crippen LogP contribution in [-0.2, 0) is 5.41 Å². The molecule has 0 bridgehead atoms. The Kier molecular flexibility index (Phi) is 3.19. The van der Waals surface area contributed by atoms with Crippen molar-refractivity contribution in [1.82, 2.24) is 15.0 Å². The van der Waals surface area contributed by atoms with Crippen molar-refractivity contribution >= 4 is 22.9 Å². The quantitative estimate of drug-likeness (QED) is 0.737. The lowest BCUT2D eigenvalue weighted by atomic mass is 9.92. The first kappa shape index (κ1) is 12.5. The summed E-state index contributed by atoms with van der Waals surface area (Å²) in [7, 11) is 0. The second-order valence-electron chi connectivity index (χ2n) is 4.94. The fraction of sp³-hybridized carbons (Fsp3) is 0.417. The number of nitrogens with zero attached hydrogens (tertiary/aromatic N) is 3. The molecule has 5 heteroatoms. The molecule has 0 aliphatic carbocycles. The highest BCUT2D eigenvalue weighted by Crippen LogP contribution is 2.27. The first-order chi connectivity index (χ1) is 7.86. The van der Waals surface area contributed by atoms with Crippen LogP contribution in [0, 0.1) is 6.92 Å². The molecule has 0 spiro atoms. The lowest BCUT2D eigenvalue weighted by Gasteiger charge is -2.17. The molecule has 0 saturated carbocycles. The minimum Gasteiger partial charge on any atom is -0.238 e. The highest BCUT2D eigenvalue weighted by molar-refractivity contribution is 7.13. The van der Waals surface area contributed by atoms with Gasteiger partial charge in [-0.3, -0.25) is 0 Å². The molecule has 2 aromatic rings. The minimum absolute atomic E-state index is 0.0480. The van der Waals surface area contributed by atoms with Gasteiger partial charge in [-0.25, -0.2) is 15.0 Å². The highest BCUT2D eigenvalue weighted by atomic mass is 35.5. The number of halogens is 1. The first-order valence-corrected chi connectivity index (χ1v) is 6.59. The first-order valence-electron chi connectivity index (χ1n) is 5.34. The summed E-state index contributed by atoms with van der Waals surface area (Å²) in [6.07, 6.45) is 0. The molecule has 2 rings (SSSR count). The van der Waals surface area contributed by atoms with Crippen molar-refractivity contribution in [3.05, 3.63) is 28.0 Å². The molecule has 0 aromatic carbocycles. The summed E-state index contributed by atoms with van der Waals surface area (Å²) in [5, 5.41) is 3.26. The van der Waals surface area contributed by atoms with Gasteiger partial charge < -0.3 is 0 Å². The second kappa shape index (κ2) is 4.35. The number of thiazole rings is 1. The van der Waals surface area contributed by atoms with Crippen LogP contribution in [0.4, 0.5) is 0 Å². The molecule has 3 nitrogen and oxygen atoms in total. The molecule has 0 N–H and O–H groups in total. The smallest absolute Gasteiger partial charge is 0.190 e. The maximum absolute atomic E-state index is 6.04. The van der Waals surface area contributed by atoms with Crippen LogP contribution in [0.5, 0.6) is 0 Å². The molecular weight excluding hydrogens is 254 g/mol. The number of aryl methyl sites for hydroxylation is 1. The monoisotopic (exact) mass is 267 g/mol. The Morgan fingerprint density at radius 1 is 1.18 bits per heavy atom. The van der Waals surface area contributed by atoms with Crippen molar-refractivity contribution in [2.75, 3.05) is 0 Å². The van der Waals surface area contributed by atoms with Crippen LogP contribution in [0.2, 0.25) is 5.15 Å². The standard InChI is InChI=1S/C12H14ClN3S/c1-7-6-17-11(14-7)10-15-8(12(2,3)4)5-9(13)16-10/h5-6H,1-4H3. The summed E-state index contributed by atoms with van der Waals surface area (Å²) >= 11 is 7.57. The van der Waals surface area contributed by atoms with Gasteiger partial charge in [-0.15, -0.1) is 11.3 Å². The van der Waals surface area contributed by atoms with Crippen LogP contribution in [-0.4, -0.2) is 15.0 Å². The molecule has 0 unspecified atom stereocenters. The Labute approximate surface area is 110 Å². The maximum Gasteiger partial charge on any atom is 0.190 e. The van der Waals surface area contributed by atoms with Gasteiger partial charge in [-0.2, -0.15) is 0 Å². The van der Waals surface area contributed by atoms with Crippen molar-refractivity contribution in [3.8, 4) is 10.8 Å².